The van der Waals surface area contributed by atoms with Crippen LogP contribution in [0.1, 0.15) is 19.8 Å². The van der Waals surface area contributed by atoms with Crippen LogP contribution >= 0.6 is 0 Å². The second-order valence-corrected chi connectivity index (χ2v) is 7.29. The Labute approximate surface area is 81.6 Å². The molecule has 0 aromatic rings. The quantitative estimate of drug-likeness (QED) is 0.489. The summed E-state index contributed by atoms with van der Waals surface area (Å²) in [5, 5.41) is 0. The number of hydrogen-bond donors (Lipinski definition) is 0. The summed E-state index contributed by atoms with van der Waals surface area (Å²) in [5.41, 5.74) is 0. The van der Waals surface area contributed by atoms with Gasteiger partial charge in [0, 0.05) is 14.2 Å². The van der Waals surface area contributed by atoms with Crippen molar-refractivity contribution in [3.63, 3.8) is 0 Å². The van der Waals surface area contributed by atoms with E-state index >= 15 is 0 Å². The lowest BCUT2D eigenvalue weighted by molar-refractivity contribution is 0.246. The molecule has 1 rings (SSSR count). The van der Waals surface area contributed by atoms with Crippen LogP contribution in [0.15, 0.2) is 0 Å². The first-order chi connectivity index (χ1) is 6.15. The van der Waals surface area contributed by atoms with E-state index in [1.807, 2.05) is 0 Å². The van der Waals surface area contributed by atoms with E-state index < -0.39 is 8.56 Å². The lowest BCUT2D eigenvalue weighted by atomic mass is 10.2. The standard InChI is InChI=1S/C9H20O3Si/c1-5-8-9(12-8)6-7-13(4,10-2)11-3/h8-9H,5-7H2,1-4H3. The van der Waals surface area contributed by atoms with Crippen LogP contribution in [0.2, 0.25) is 12.6 Å². The topological polar surface area (TPSA) is 31.0 Å². The van der Waals surface area contributed by atoms with Crippen molar-refractivity contribution in [2.45, 2.75) is 44.6 Å². The fourth-order valence-electron chi connectivity index (χ4n) is 1.48. The minimum atomic E-state index is -1.84. The van der Waals surface area contributed by atoms with Crippen molar-refractivity contribution in [2.75, 3.05) is 14.2 Å². The zero-order valence-electron chi connectivity index (χ0n) is 9.00. The Morgan fingerprint density at radius 2 is 1.85 bits per heavy atom. The molecule has 1 saturated heterocycles. The van der Waals surface area contributed by atoms with Crippen molar-refractivity contribution in [1.29, 1.82) is 0 Å². The summed E-state index contributed by atoms with van der Waals surface area (Å²) in [5.74, 6) is 0. The monoisotopic (exact) mass is 204 g/mol. The van der Waals surface area contributed by atoms with Crippen molar-refractivity contribution < 1.29 is 13.6 Å². The van der Waals surface area contributed by atoms with Crippen LogP contribution in [0, 0.1) is 0 Å². The highest BCUT2D eigenvalue weighted by atomic mass is 28.4. The Morgan fingerprint density at radius 1 is 1.23 bits per heavy atom. The van der Waals surface area contributed by atoms with Crippen LogP contribution in [-0.4, -0.2) is 35.0 Å². The maximum atomic E-state index is 5.46. The molecule has 1 aliphatic heterocycles. The largest absolute Gasteiger partial charge is 0.398 e. The smallest absolute Gasteiger partial charge is 0.334 e. The Morgan fingerprint density at radius 3 is 2.23 bits per heavy atom. The highest BCUT2D eigenvalue weighted by molar-refractivity contribution is 6.65. The van der Waals surface area contributed by atoms with Gasteiger partial charge in [0.1, 0.15) is 0 Å². The fourth-order valence-corrected chi connectivity index (χ4v) is 2.87. The molecule has 2 unspecified atom stereocenters. The third kappa shape index (κ3) is 3.05. The molecule has 0 aliphatic carbocycles. The summed E-state index contributed by atoms with van der Waals surface area (Å²) in [7, 11) is 1.63. The Bertz CT molecular complexity index is 159. The van der Waals surface area contributed by atoms with Crippen molar-refractivity contribution in [3.05, 3.63) is 0 Å². The molecule has 0 bridgehead atoms. The molecule has 78 valence electrons. The van der Waals surface area contributed by atoms with Crippen molar-refractivity contribution in [1.82, 2.24) is 0 Å². The molecule has 0 amide bonds. The minimum Gasteiger partial charge on any atom is -0.398 e. The Balaban J connectivity index is 2.18. The lowest BCUT2D eigenvalue weighted by Crippen LogP contribution is -2.36. The highest BCUT2D eigenvalue weighted by Crippen LogP contribution is 2.31. The van der Waals surface area contributed by atoms with E-state index in [9.17, 15) is 0 Å². The van der Waals surface area contributed by atoms with Gasteiger partial charge in [0.05, 0.1) is 12.2 Å². The van der Waals surface area contributed by atoms with Crippen LogP contribution < -0.4 is 0 Å². The molecular formula is C9H20O3Si. The Hall–Kier alpha value is 0.0969. The predicted octanol–water partition coefficient (Wildman–Crippen LogP) is 1.92. The molecule has 0 aromatic carbocycles. The minimum absolute atomic E-state index is 0.474. The highest BCUT2D eigenvalue weighted by Gasteiger charge is 2.39. The van der Waals surface area contributed by atoms with Crippen molar-refractivity contribution in [3.8, 4) is 0 Å². The third-order valence-corrected chi connectivity index (χ3v) is 5.76. The molecule has 1 fully saturated rings. The Kier molecular flexibility index (Phi) is 3.91. The van der Waals surface area contributed by atoms with Crippen LogP contribution in [0.4, 0.5) is 0 Å². The van der Waals surface area contributed by atoms with E-state index in [0.717, 1.165) is 18.9 Å². The first-order valence-corrected chi connectivity index (χ1v) is 7.43. The zero-order valence-corrected chi connectivity index (χ0v) is 10.0. The van der Waals surface area contributed by atoms with Gasteiger partial charge in [-0.15, -0.1) is 0 Å². The summed E-state index contributed by atoms with van der Waals surface area (Å²) in [6, 6.07) is 1.03. The van der Waals surface area contributed by atoms with Gasteiger partial charge >= 0.3 is 8.56 Å². The van der Waals surface area contributed by atoms with Crippen LogP contribution in [0.25, 0.3) is 0 Å². The zero-order chi connectivity index (χ0) is 9.90. The molecule has 2 atom stereocenters. The van der Waals surface area contributed by atoms with Gasteiger partial charge in [0.2, 0.25) is 0 Å². The maximum absolute atomic E-state index is 5.46. The fraction of sp³-hybridized carbons (Fsp3) is 1.00. The van der Waals surface area contributed by atoms with Gasteiger partial charge < -0.3 is 13.6 Å². The van der Waals surface area contributed by atoms with Crippen LogP contribution in [0.5, 0.6) is 0 Å². The molecule has 1 aliphatic rings. The lowest BCUT2D eigenvalue weighted by Gasteiger charge is -2.21. The van der Waals surface area contributed by atoms with Crippen molar-refractivity contribution >= 4 is 8.56 Å². The first kappa shape index (κ1) is 11.2. The van der Waals surface area contributed by atoms with Gasteiger partial charge in [-0.25, -0.2) is 0 Å². The normalized spacial score (nSPS) is 27.7. The molecule has 13 heavy (non-hydrogen) atoms. The molecule has 0 N–H and O–H groups in total. The number of epoxide rings is 1. The van der Waals surface area contributed by atoms with Gasteiger partial charge in [0.25, 0.3) is 0 Å². The van der Waals surface area contributed by atoms with Gasteiger partial charge in [-0.2, -0.15) is 0 Å². The maximum Gasteiger partial charge on any atom is 0.334 e. The number of rotatable bonds is 6. The van der Waals surface area contributed by atoms with E-state index in [1.165, 1.54) is 0 Å². The molecule has 4 heteroatoms. The number of ether oxygens (including phenoxy) is 1. The van der Waals surface area contributed by atoms with Gasteiger partial charge in [-0.05, 0) is 25.4 Å². The van der Waals surface area contributed by atoms with Gasteiger partial charge in [-0.1, -0.05) is 6.92 Å². The van der Waals surface area contributed by atoms with E-state index in [0.29, 0.717) is 12.2 Å². The second-order valence-electron chi connectivity index (χ2n) is 3.70. The molecular weight excluding hydrogens is 184 g/mol. The van der Waals surface area contributed by atoms with E-state index in [-0.39, 0.29) is 0 Å². The summed E-state index contributed by atoms with van der Waals surface area (Å²) in [6.45, 7) is 4.25. The van der Waals surface area contributed by atoms with E-state index in [4.69, 9.17) is 13.6 Å². The van der Waals surface area contributed by atoms with Crippen molar-refractivity contribution in [2.24, 2.45) is 0 Å². The average Bonchev–Trinajstić information content (AvgIpc) is 2.93. The molecule has 0 radical (unpaired) electrons. The van der Waals surface area contributed by atoms with Gasteiger partial charge in [0.15, 0.2) is 0 Å². The molecule has 0 aromatic heterocycles. The average molecular weight is 204 g/mol. The van der Waals surface area contributed by atoms with E-state index in [1.54, 1.807) is 14.2 Å². The van der Waals surface area contributed by atoms with Gasteiger partial charge in [-0.3, -0.25) is 0 Å². The summed E-state index contributed by atoms with van der Waals surface area (Å²) < 4.78 is 16.3. The predicted molar refractivity (Wildman–Crippen MR) is 54.0 cm³/mol. The molecule has 1 heterocycles. The first-order valence-electron chi connectivity index (χ1n) is 4.91. The summed E-state index contributed by atoms with van der Waals surface area (Å²) >= 11 is 0. The van der Waals surface area contributed by atoms with Crippen LogP contribution in [0.3, 0.4) is 0 Å². The number of hydrogen-bond acceptors (Lipinski definition) is 3. The molecule has 3 nitrogen and oxygen atoms in total. The SMILES string of the molecule is CCC1OC1CC[Si](C)(OC)OC. The summed E-state index contributed by atoms with van der Waals surface area (Å²) in [6.07, 6.45) is 3.19. The molecule has 0 saturated carbocycles. The van der Waals surface area contributed by atoms with Crippen LogP contribution in [-0.2, 0) is 13.6 Å². The molecule has 0 spiro atoms. The second kappa shape index (κ2) is 4.55. The summed E-state index contributed by atoms with van der Waals surface area (Å²) in [4.78, 5) is 0. The third-order valence-electron chi connectivity index (χ3n) is 2.84. The van der Waals surface area contributed by atoms with E-state index in [2.05, 4.69) is 13.5 Å².